The van der Waals surface area contributed by atoms with Crippen LogP contribution in [0.1, 0.15) is 5.56 Å². The second-order valence-electron chi connectivity index (χ2n) is 5.98. The van der Waals surface area contributed by atoms with Crippen LogP contribution >= 0.6 is 0 Å². The van der Waals surface area contributed by atoms with E-state index in [1.54, 1.807) is 25.3 Å². The molecule has 5 heteroatoms. The third-order valence-corrected chi connectivity index (χ3v) is 4.38. The Morgan fingerprint density at radius 1 is 1.04 bits per heavy atom. The van der Waals surface area contributed by atoms with Crippen LogP contribution in [0, 0.1) is 5.82 Å². The Kier molecular flexibility index (Phi) is 4.14. The van der Waals surface area contributed by atoms with Crippen molar-refractivity contribution in [2.45, 2.75) is 6.61 Å². The van der Waals surface area contributed by atoms with E-state index in [9.17, 15) is 9.50 Å². The summed E-state index contributed by atoms with van der Waals surface area (Å²) in [5, 5.41) is 9.27. The second-order valence-corrected chi connectivity index (χ2v) is 5.98. The molecule has 4 rings (SSSR count). The number of imidazole rings is 1. The Labute approximate surface area is 150 Å². The van der Waals surface area contributed by atoms with E-state index in [0.717, 1.165) is 28.2 Å². The van der Waals surface area contributed by atoms with Crippen LogP contribution in [-0.4, -0.2) is 21.6 Å². The lowest BCUT2D eigenvalue weighted by molar-refractivity contribution is 0.276. The lowest BCUT2D eigenvalue weighted by Crippen LogP contribution is -1.94. The number of aliphatic hydroxyl groups is 1. The number of hydrogen-bond acceptors (Lipinski definition) is 3. The van der Waals surface area contributed by atoms with Gasteiger partial charge >= 0.3 is 0 Å². The minimum Gasteiger partial charge on any atom is -0.497 e. The highest BCUT2D eigenvalue weighted by atomic mass is 19.1. The van der Waals surface area contributed by atoms with E-state index in [4.69, 9.17) is 4.74 Å². The maximum Gasteiger partial charge on any atom is 0.137 e. The van der Waals surface area contributed by atoms with E-state index in [1.165, 1.54) is 0 Å². The van der Waals surface area contributed by atoms with Gasteiger partial charge in [0.15, 0.2) is 0 Å². The number of rotatable bonds is 4. The Morgan fingerprint density at radius 2 is 1.88 bits per heavy atom. The maximum absolute atomic E-state index is 14.5. The molecule has 0 saturated carbocycles. The molecule has 2 aromatic heterocycles. The predicted octanol–water partition coefficient (Wildman–Crippen LogP) is 4.31. The summed E-state index contributed by atoms with van der Waals surface area (Å²) in [7, 11) is 1.63. The summed E-state index contributed by atoms with van der Waals surface area (Å²) < 4.78 is 21.6. The molecule has 4 aromatic rings. The second kappa shape index (κ2) is 6.61. The van der Waals surface area contributed by atoms with Crippen molar-refractivity contribution in [2.75, 3.05) is 7.11 Å². The highest BCUT2D eigenvalue weighted by Gasteiger charge is 2.11. The fourth-order valence-electron chi connectivity index (χ4n) is 3.00. The van der Waals surface area contributed by atoms with Gasteiger partial charge in [-0.1, -0.05) is 30.3 Å². The van der Waals surface area contributed by atoms with Crippen molar-refractivity contribution < 1.29 is 14.2 Å². The molecule has 2 heterocycles. The maximum atomic E-state index is 14.5. The van der Waals surface area contributed by atoms with Crippen molar-refractivity contribution in [1.29, 1.82) is 0 Å². The van der Waals surface area contributed by atoms with Crippen LogP contribution in [0.3, 0.4) is 0 Å². The summed E-state index contributed by atoms with van der Waals surface area (Å²) in [5.41, 5.74) is 3.99. The first kappa shape index (κ1) is 16.3. The molecule has 130 valence electrons. The Morgan fingerprint density at radius 3 is 2.69 bits per heavy atom. The number of ether oxygens (including phenoxy) is 1. The summed E-state index contributed by atoms with van der Waals surface area (Å²) in [6.07, 6.45) is 3.74. The molecule has 0 saturated heterocycles. The molecule has 0 amide bonds. The van der Waals surface area contributed by atoms with Gasteiger partial charge in [-0.3, -0.25) is 0 Å². The molecule has 2 aromatic carbocycles. The van der Waals surface area contributed by atoms with Gasteiger partial charge in [-0.25, -0.2) is 9.37 Å². The van der Waals surface area contributed by atoms with Crippen molar-refractivity contribution >= 4 is 5.65 Å². The minimum atomic E-state index is -0.400. The molecule has 26 heavy (non-hydrogen) atoms. The third-order valence-electron chi connectivity index (χ3n) is 4.38. The quantitative estimate of drug-likeness (QED) is 0.598. The molecule has 0 aliphatic rings. The SMILES string of the molecule is COc1cccc(-c2cn3cc(-c4cccc(CO)c4F)ccc3n2)c1. The number of benzene rings is 2. The average molecular weight is 348 g/mol. The van der Waals surface area contributed by atoms with Gasteiger partial charge in [0.25, 0.3) is 0 Å². The molecule has 0 atom stereocenters. The number of halogens is 1. The zero-order chi connectivity index (χ0) is 18.1. The van der Waals surface area contributed by atoms with Crippen LogP contribution in [0.2, 0.25) is 0 Å². The molecule has 1 N–H and O–H groups in total. The van der Waals surface area contributed by atoms with Crippen LogP contribution in [0.5, 0.6) is 5.75 Å². The summed E-state index contributed by atoms with van der Waals surface area (Å²) in [6, 6.07) is 16.4. The van der Waals surface area contributed by atoms with Gasteiger partial charge in [-0.2, -0.15) is 0 Å². The lowest BCUT2D eigenvalue weighted by atomic mass is 10.0. The normalized spacial score (nSPS) is 11.0. The average Bonchev–Trinajstić information content (AvgIpc) is 3.11. The third kappa shape index (κ3) is 2.82. The first-order valence-electron chi connectivity index (χ1n) is 8.21. The van der Waals surface area contributed by atoms with Crippen molar-refractivity contribution in [3.8, 4) is 28.1 Å². The minimum absolute atomic E-state index is 0.283. The Balaban J connectivity index is 1.79. The van der Waals surface area contributed by atoms with Crippen molar-refractivity contribution in [3.05, 3.63) is 78.4 Å². The molecule has 0 aliphatic heterocycles. The zero-order valence-corrected chi connectivity index (χ0v) is 14.2. The van der Waals surface area contributed by atoms with Crippen LogP contribution in [0.15, 0.2) is 67.0 Å². The Hall–Kier alpha value is -3.18. The van der Waals surface area contributed by atoms with E-state index < -0.39 is 5.82 Å². The fraction of sp³-hybridized carbons (Fsp3) is 0.0952. The van der Waals surface area contributed by atoms with E-state index in [-0.39, 0.29) is 12.2 Å². The highest BCUT2D eigenvalue weighted by Crippen LogP contribution is 2.28. The topological polar surface area (TPSA) is 46.8 Å². The molecule has 0 spiro atoms. The van der Waals surface area contributed by atoms with E-state index >= 15 is 0 Å². The molecule has 4 nitrogen and oxygen atoms in total. The zero-order valence-electron chi connectivity index (χ0n) is 14.2. The number of aromatic nitrogens is 2. The number of fused-ring (bicyclic) bond motifs is 1. The van der Waals surface area contributed by atoms with Crippen LogP contribution in [-0.2, 0) is 6.61 Å². The smallest absolute Gasteiger partial charge is 0.137 e. The molecule has 0 fully saturated rings. The van der Waals surface area contributed by atoms with Gasteiger partial charge in [-0.05, 0) is 24.3 Å². The molecule has 0 radical (unpaired) electrons. The van der Waals surface area contributed by atoms with Crippen molar-refractivity contribution in [1.82, 2.24) is 9.38 Å². The largest absolute Gasteiger partial charge is 0.497 e. The predicted molar refractivity (Wildman–Crippen MR) is 98.5 cm³/mol. The number of pyridine rings is 1. The van der Waals surface area contributed by atoms with Crippen LogP contribution < -0.4 is 4.74 Å². The number of aliphatic hydroxyl groups excluding tert-OH is 1. The van der Waals surface area contributed by atoms with Crippen LogP contribution in [0.4, 0.5) is 4.39 Å². The number of hydrogen-bond donors (Lipinski definition) is 1. The van der Waals surface area contributed by atoms with Crippen molar-refractivity contribution in [3.63, 3.8) is 0 Å². The van der Waals surface area contributed by atoms with E-state index in [2.05, 4.69) is 4.98 Å². The monoisotopic (exact) mass is 348 g/mol. The highest BCUT2D eigenvalue weighted by molar-refractivity contribution is 5.69. The Bertz CT molecular complexity index is 1090. The van der Waals surface area contributed by atoms with Gasteiger partial charge in [0.2, 0.25) is 0 Å². The first-order valence-corrected chi connectivity index (χ1v) is 8.21. The van der Waals surface area contributed by atoms with Gasteiger partial charge in [0, 0.05) is 34.6 Å². The van der Waals surface area contributed by atoms with Crippen molar-refractivity contribution in [2.24, 2.45) is 0 Å². The summed E-state index contributed by atoms with van der Waals surface area (Å²) >= 11 is 0. The van der Waals surface area contributed by atoms with Gasteiger partial charge in [0.1, 0.15) is 17.2 Å². The first-order chi connectivity index (χ1) is 12.7. The summed E-state index contributed by atoms with van der Waals surface area (Å²) in [6.45, 7) is -0.326. The molecule has 0 unspecified atom stereocenters. The van der Waals surface area contributed by atoms with Gasteiger partial charge in [-0.15, -0.1) is 0 Å². The molecular weight excluding hydrogens is 331 g/mol. The van der Waals surface area contributed by atoms with E-state index in [1.807, 2.05) is 53.2 Å². The number of nitrogens with zero attached hydrogens (tertiary/aromatic N) is 2. The summed E-state index contributed by atoms with van der Waals surface area (Å²) in [5.74, 6) is 0.366. The lowest BCUT2D eigenvalue weighted by Gasteiger charge is -2.07. The van der Waals surface area contributed by atoms with Gasteiger partial charge in [0.05, 0.1) is 19.4 Å². The molecular formula is C21H17FN2O2. The summed E-state index contributed by atoms with van der Waals surface area (Å²) in [4.78, 5) is 4.62. The molecule has 0 bridgehead atoms. The molecule has 0 aliphatic carbocycles. The fourth-order valence-corrected chi connectivity index (χ4v) is 3.00. The number of methoxy groups -OCH3 is 1. The van der Waals surface area contributed by atoms with Crippen LogP contribution in [0.25, 0.3) is 28.0 Å². The standard InChI is InChI=1S/C21H17FN2O2/c1-26-17-6-2-4-14(10-17)19-12-24-11-15(8-9-20(24)23-19)18-7-3-5-16(13-25)21(18)22/h2-12,25H,13H2,1H3. The van der Waals surface area contributed by atoms with Gasteiger partial charge < -0.3 is 14.2 Å². The van der Waals surface area contributed by atoms with E-state index in [0.29, 0.717) is 5.56 Å².